The molecule has 1 aromatic rings. The third-order valence-electron chi connectivity index (χ3n) is 8.80. The van der Waals surface area contributed by atoms with Crippen molar-refractivity contribution < 1.29 is 29.3 Å². The number of rotatable bonds is 3. The number of nitrogens with one attached hydrogen (secondary N) is 1. The second-order valence-electron chi connectivity index (χ2n) is 11.6. The number of benzene rings is 1. The number of carbonyl (C=O) groups is 3. The third kappa shape index (κ3) is 4.79. The first-order chi connectivity index (χ1) is 17.4. The van der Waals surface area contributed by atoms with E-state index in [4.69, 9.17) is 4.74 Å². The number of hydrogen-bond acceptors (Lipinski definition) is 6. The Balaban J connectivity index is 1.86. The normalized spacial score (nSPS) is 40.3. The molecular formula is C30H39NO6. The molecule has 2 fully saturated rings. The zero-order valence-corrected chi connectivity index (χ0v) is 22.1. The van der Waals surface area contributed by atoms with Crippen LogP contribution in [0.1, 0.15) is 52.5 Å². The number of allylic oxidation sites excluding steroid dienone is 1. The second-order valence-corrected chi connectivity index (χ2v) is 11.6. The van der Waals surface area contributed by atoms with Crippen LogP contribution in [0, 0.1) is 29.1 Å². The molecule has 1 aliphatic heterocycles. The van der Waals surface area contributed by atoms with Crippen molar-refractivity contribution >= 4 is 17.7 Å². The lowest BCUT2D eigenvalue weighted by Crippen LogP contribution is -2.59. The fourth-order valence-electron chi connectivity index (χ4n) is 7.05. The molecule has 37 heavy (non-hydrogen) atoms. The minimum Gasteiger partial charge on any atom is -0.459 e. The van der Waals surface area contributed by atoms with Crippen molar-refractivity contribution in [3.05, 3.63) is 60.2 Å². The number of amides is 1. The number of Topliss-reactive ketones (excluding diaryl/α,β-unsaturated/α-hetero) is 1. The average molecular weight is 510 g/mol. The molecule has 7 heteroatoms. The van der Waals surface area contributed by atoms with E-state index in [0.717, 1.165) is 5.56 Å². The Labute approximate surface area is 219 Å². The molecule has 0 bridgehead atoms. The Bertz CT molecular complexity index is 1090. The van der Waals surface area contributed by atoms with Gasteiger partial charge in [-0.2, -0.15) is 0 Å². The Morgan fingerprint density at radius 3 is 2.54 bits per heavy atom. The van der Waals surface area contributed by atoms with Gasteiger partial charge in [0, 0.05) is 31.2 Å². The summed E-state index contributed by atoms with van der Waals surface area (Å²) in [4.78, 5) is 40.4. The lowest BCUT2D eigenvalue weighted by atomic mass is 9.51. The van der Waals surface area contributed by atoms with Crippen LogP contribution in [-0.4, -0.2) is 51.7 Å². The maximum atomic E-state index is 14.4. The van der Waals surface area contributed by atoms with Crippen LogP contribution in [0.4, 0.5) is 0 Å². The molecule has 200 valence electrons. The number of esters is 1. The van der Waals surface area contributed by atoms with E-state index in [1.165, 1.54) is 6.92 Å². The van der Waals surface area contributed by atoms with E-state index in [9.17, 15) is 24.6 Å². The average Bonchev–Trinajstić information content (AvgIpc) is 3.10. The quantitative estimate of drug-likeness (QED) is 0.328. The summed E-state index contributed by atoms with van der Waals surface area (Å²) in [6, 6.07) is 9.42. The van der Waals surface area contributed by atoms with Crippen LogP contribution in [0.2, 0.25) is 0 Å². The number of aliphatic hydroxyl groups is 2. The first kappa shape index (κ1) is 27.3. The predicted octanol–water partition coefficient (Wildman–Crippen LogP) is 3.14. The Hall–Kier alpha value is -2.77. The fraction of sp³-hybridized carbons (Fsp3) is 0.567. The molecule has 1 amide bonds. The monoisotopic (exact) mass is 509 g/mol. The lowest BCUT2D eigenvalue weighted by molar-refractivity contribution is -0.169. The predicted molar refractivity (Wildman–Crippen MR) is 139 cm³/mol. The highest BCUT2D eigenvalue weighted by molar-refractivity contribution is 6.09. The van der Waals surface area contributed by atoms with Crippen LogP contribution in [0.5, 0.6) is 0 Å². The minimum atomic E-state index is -1.59. The lowest BCUT2D eigenvalue weighted by Gasteiger charge is -2.49. The Morgan fingerprint density at radius 2 is 1.89 bits per heavy atom. The molecule has 0 aromatic heterocycles. The summed E-state index contributed by atoms with van der Waals surface area (Å²) < 4.78 is 5.51. The fourth-order valence-corrected chi connectivity index (χ4v) is 7.05. The molecule has 3 aliphatic rings. The maximum Gasteiger partial charge on any atom is 0.303 e. The zero-order chi connectivity index (χ0) is 27.1. The Kier molecular flexibility index (Phi) is 7.50. The number of hydrogen-bond donors (Lipinski definition) is 3. The van der Waals surface area contributed by atoms with E-state index in [0.29, 0.717) is 24.8 Å². The van der Waals surface area contributed by atoms with Gasteiger partial charge in [0.15, 0.2) is 5.78 Å². The van der Waals surface area contributed by atoms with Crippen molar-refractivity contribution in [3.8, 4) is 0 Å². The summed E-state index contributed by atoms with van der Waals surface area (Å²) in [6.45, 7) is 10.9. The Morgan fingerprint density at radius 1 is 1.22 bits per heavy atom. The van der Waals surface area contributed by atoms with Gasteiger partial charge in [-0.05, 0) is 49.2 Å². The van der Waals surface area contributed by atoms with E-state index in [1.54, 1.807) is 13.0 Å². The topological polar surface area (TPSA) is 113 Å². The summed E-state index contributed by atoms with van der Waals surface area (Å²) in [5, 5.41) is 25.9. The van der Waals surface area contributed by atoms with Crippen molar-refractivity contribution in [2.75, 3.05) is 0 Å². The van der Waals surface area contributed by atoms with Crippen LogP contribution < -0.4 is 5.32 Å². The maximum absolute atomic E-state index is 14.4. The SMILES string of the molecule is C=C1C(C)C2C(Cc3ccccc3)NC(=O)C23C(=O)CC(OC(C)=O)C(C)(O)CC(C)CC=CC3C1O. The van der Waals surface area contributed by atoms with Gasteiger partial charge < -0.3 is 20.3 Å². The molecule has 9 atom stereocenters. The third-order valence-corrected chi connectivity index (χ3v) is 8.80. The van der Waals surface area contributed by atoms with Crippen molar-refractivity contribution in [2.24, 2.45) is 29.1 Å². The number of carbonyl (C=O) groups excluding carboxylic acids is 3. The van der Waals surface area contributed by atoms with Gasteiger partial charge in [0.05, 0.1) is 11.7 Å². The minimum absolute atomic E-state index is 0.00958. The molecule has 1 saturated heterocycles. The van der Waals surface area contributed by atoms with Crippen LogP contribution >= 0.6 is 0 Å². The molecule has 0 radical (unpaired) electrons. The van der Waals surface area contributed by atoms with E-state index in [1.807, 2.05) is 50.3 Å². The standard InChI is InChI=1S/C30H39NO6/c1-17-10-9-13-22-27(34)19(3)18(2)26-23(14-21-11-7-6-8-12-21)31-28(35)30(22,26)24(33)15-25(37-20(4)32)29(5,36)16-17/h6-9,11-13,17-18,22-23,25-27,34,36H,3,10,14-16H2,1-2,4-5H3,(H,31,35). The van der Waals surface area contributed by atoms with Crippen LogP contribution in [0.25, 0.3) is 0 Å². The van der Waals surface area contributed by atoms with Crippen molar-refractivity contribution in [1.82, 2.24) is 5.32 Å². The summed E-state index contributed by atoms with van der Waals surface area (Å²) in [5.41, 5.74) is -1.43. The van der Waals surface area contributed by atoms with E-state index < -0.39 is 52.7 Å². The van der Waals surface area contributed by atoms with Crippen molar-refractivity contribution in [1.29, 1.82) is 0 Å². The van der Waals surface area contributed by atoms with Gasteiger partial charge in [-0.25, -0.2) is 0 Å². The highest BCUT2D eigenvalue weighted by Crippen LogP contribution is 2.57. The molecule has 1 saturated carbocycles. The molecule has 9 unspecified atom stereocenters. The summed E-state index contributed by atoms with van der Waals surface area (Å²) in [6.07, 6.45) is 2.57. The van der Waals surface area contributed by atoms with Gasteiger partial charge in [-0.3, -0.25) is 14.4 Å². The molecule has 7 nitrogen and oxygen atoms in total. The van der Waals surface area contributed by atoms with Gasteiger partial charge in [0.2, 0.25) is 5.91 Å². The second kappa shape index (κ2) is 10.2. The highest BCUT2D eigenvalue weighted by Gasteiger charge is 2.68. The summed E-state index contributed by atoms with van der Waals surface area (Å²) in [7, 11) is 0. The summed E-state index contributed by atoms with van der Waals surface area (Å²) in [5.74, 6) is -3.07. The van der Waals surface area contributed by atoms with E-state index >= 15 is 0 Å². The van der Waals surface area contributed by atoms with Crippen LogP contribution in [0.15, 0.2) is 54.6 Å². The molecular weight excluding hydrogens is 470 g/mol. The van der Waals surface area contributed by atoms with Crippen LogP contribution in [0.3, 0.4) is 0 Å². The zero-order valence-electron chi connectivity index (χ0n) is 22.1. The number of ketones is 1. The first-order valence-electron chi connectivity index (χ1n) is 13.2. The molecule has 3 N–H and O–H groups in total. The molecule has 1 aromatic carbocycles. The van der Waals surface area contributed by atoms with Crippen LogP contribution in [-0.2, 0) is 25.5 Å². The van der Waals surface area contributed by atoms with E-state index in [2.05, 4.69) is 11.9 Å². The van der Waals surface area contributed by atoms with Gasteiger partial charge in [-0.15, -0.1) is 0 Å². The van der Waals surface area contributed by atoms with Gasteiger partial charge >= 0.3 is 5.97 Å². The van der Waals surface area contributed by atoms with Crippen molar-refractivity contribution in [3.63, 3.8) is 0 Å². The van der Waals surface area contributed by atoms with E-state index in [-0.39, 0.29) is 24.3 Å². The largest absolute Gasteiger partial charge is 0.459 e. The smallest absolute Gasteiger partial charge is 0.303 e. The van der Waals surface area contributed by atoms with Crippen molar-refractivity contribution in [2.45, 2.75) is 77.2 Å². The molecule has 4 rings (SSSR count). The number of ether oxygens (including phenoxy) is 1. The molecule has 1 spiro atoms. The first-order valence-corrected chi connectivity index (χ1v) is 13.2. The highest BCUT2D eigenvalue weighted by atomic mass is 16.6. The number of aliphatic hydroxyl groups excluding tert-OH is 1. The molecule has 2 aliphatic carbocycles. The molecule has 1 heterocycles. The van der Waals surface area contributed by atoms with Gasteiger partial charge in [0.25, 0.3) is 0 Å². The van der Waals surface area contributed by atoms with Gasteiger partial charge in [-0.1, -0.05) is 62.9 Å². The van der Waals surface area contributed by atoms with Gasteiger partial charge in [0.1, 0.15) is 11.5 Å². The summed E-state index contributed by atoms with van der Waals surface area (Å²) >= 11 is 0.